The largest absolute Gasteiger partial charge is 0.494 e. The molecule has 2 N–H and O–H groups in total. The van der Waals surface area contributed by atoms with E-state index in [1.807, 2.05) is 20.8 Å². The van der Waals surface area contributed by atoms with Crippen LogP contribution in [0.25, 0.3) is 0 Å². The van der Waals surface area contributed by atoms with Gasteiger partial charge in [0.1, 0.15) is 5.75 Å². The molecule has 0 aromatic heterocycles. The lowest BCUT2D eigenvalue weighted by Gasteiger charge is -2.19. The summed E-state index contributed by atoms with van der Waals surface area (Å²) in [6, 6.07) is 11.2. The summed E-state index contributed by atoms with van der Waals surface area (Å²) < 4.78 is 5.58. The fraction of sp³-hybridized carbons (Fsp3) is 0.500. The van der Waals surface area contributed by atoms with Crippen LogP contribution in [0.15, 0.2) is 30.3 Å². The second-order valence-corrected chi connectivity index (χ2v) is 6.95. The highest BCUT2D eigenvalue weighted by atomic mass is 16.5. The highest BCUT2D eigenvalue weighted by Gasteiger charge is 2.11. The first kappa shape index (κ1) is 21.5. The smallest absolute Gasteiger partial charge is 0.122 e. The molecule has 3 heteroatoms. The molecule has 4 rings (SSSR count). The Bertz CT molecular complexity index is 725. The van der Waals surface area contributed by atoms with Crippen LogP contribution in [0.1, 0.15) is 54.2 Å². The van der Waals surface area contributed by atoms with Gasteiger partial charge >= 0.3 is 0 Å². The van der Waals surface area contributed by atoms with E-state index in [1.54, 1.807) is 0 Å². The van der Waals surface area contributed by atoms with Crippen molar-refractivity contribution in [3.63, 3.8) is 0 Å². The minimum atomic E-state index is 0.748. The monoisotopic (exact) mass is 368 g/mol. The summed E-state index contributed by atoms with van der Waals surface area (Å²) >= 11 is 0. The Hall–Kier alpha value is -1.84. The van der Waals surface area contributed by atoms with E-state index in [0.717, 1.165) is 45.0 Å². The molecule has 0 fully saturated rings. The van der Waals surface area contributed by atoms with E-state index < -0.39 is 0 Å². The summed E-state index contributed by atoms with van der Waals surface area (Å²) in [4.78, 5) is 0. The number of aryl methyl sites for hydroxylation is 2. The van der Waals surface area contributed by atoms with Crippen molar-refractivity contribution in [1.82, 2.24) is 10.6 Å². The normalized spacial score (nSPS) is 14.6. The van der Waals surface area contributed by atoms with Crippen LogP contribution < -0.4 is 15.4 Å². The van der Waals surface area contributed by atoms with Gasteiger partial charge in [-0.05, 0) is 80.6 Å². The molecule has 0 radical (unpaired) electrons. The van der Waals surface area contributed by atoms with E-state index in [9.17, 15) is 0 Å². The highest BCUT2D eigenvalue weighted by Crippen LogP contribution is 2.25. The maximum atomic E-state index is 5.58. The molecular formula is C24H36N2O. The molecule has 2 heterocycles. The van der Waals surface area contributed by atoms with Gasteiger partial charge in [0.15, 0.2) is 0 Å². The molecule has 2 aromatic carbocycles. The summed E-state index contributed by atoms with van der Waals surface area (Å²) in [6.07, 6.45) is 2.31. The fourth-order valence-corrected chi connectivity index (χ4v) is 3.55. The van der Waals surface area contributed by atoms with Gasteiger partial charge in [-0.2, -0.15) is 0 Å². The maximum absolute atomic E-state index is 5.58. The number of fused-ring (bicyclic) bond motifs is 2. The van der Waals surface area contributed by atoms with Crippen LogP contribution in [0.4, 0.5) is 0 Å². The van der Waals surface area contributed by atoms with Crippen LogP contribution in [0.2, 0.25) is 0 Å². The Morgan fingerprint density at radius 1 is 0.815 bits per heavy atom. The van der Waals surface area contributed by atoms with Crippen LogP contribution in [-0.2, 0) is 25.9 Å². The summed E-state index contributed by atoms with van der Waals surface area (Å²) in [7, 11) is 0. The molecule has 0 saturated heterocycles. The molecular weight excluding hydrogens is 332 g/mol. The lowest BCUT2D eigenvalue weighted by molar-refractivity contribution is 0.337. The zero-order valence-corrected chi connectivity index (χ0v) is 17.7. The first-order chi connectivity index (χ1) is 13.2. The van der Waals surface area contributed by atoms with E-state index in [4.69, 9.17) is 4.74 Å². The third kappa shape index (κ3) is 6.08. The van der Waals surface area contributed by atoms with Gasteiger partial charge in [-0.3, -0.25) is 0 Å². The number of rotatable bonds is 2. The predicted molar refractivity (Wildman–Crippen MR) is 116 cm³/mol. The van der Waals surface area contributed by atoms with Crippen LogP contribution in [-0.4, -0.2) is 19.7 Å². The average Bonchev–Trinajstić information content (AvgIpc) is 2.71. The first-order valence-corrected chi connectivity index (χ1v) is 10.4. The Morgan fingerprint density at radius 3 is 2.11 bits per heavy atom. The number of hydrogen-bond donors (Lipinski definition) is 2. The lowest BCUT2D eigenvalue weighted by atomic mass is 9.98. The van der Waals surface area contributed by atoms with Crippen molar-refractivity contribution in [2.24, 2.45) is 0 Å². The van der Waals surface area contributed by atoms with E-state index >= 15 is 0 Å². The van der Waals surface area contributed by atoms with E-state index in [0.29, 0.717) is 0 Å². The van der Waals surface area contributed by atoms with Gasteiger partial charge in [0.05, 0.1) is 6.61 Å². The molecule has 27 heavy (non-hydrogen) atoms. The third-order valence-electron chi connectivity index (χ3n) is 4.93. The summed E-state index contributed by atoms with van der Waals surface area (Å²) in [6.45, 7) is 15.3. The van der Waals surface area contributed by atoms with Gasteiger partial charge in [0, 0.05) is 13.1 Å². The summed E-state index contributed by atoms with van der Waals surface area (Å²) in [5, 5.41) is 6.74. The molecule has 0 saturated carbocycles. The molecule has 3 nitrogen and oxygen atoms in total. The van der Waals surface area contributed by atoms with E-state index in [1.165, 1.54) is 39.8 Å². The van der Waals surface area contributed by atoms with Crippen LogP contribution >= 0.6 is 0 Å². The van der Waals surface area contributed by atoms with Crippen molar-refractivity contribution < 1.29 is 4.74 Å². The lowest BCUT2D eigenvalue weighted by Crippen LogP contribution is -2.23. The molecule has 0 atom stereocenters. The summed E-state index contributed by atoms with van der Waals surface area (Å²) in [5.41, 5.74) is 8.50. The van der Waals surface area contributed by atoms with Gasteiger partial charge in [0.2, 0.25) is 0 Å². The molecule has 2 aliphatic heterocycles. The number of hydrogen-bond acceptors (Lipinski definition) is 3. The van der Waals surface area contributed by atoms with Gasteiger partial charge < -0.3 is 15.4 Å². The van der Waals surface area contributed by atoms with E-state index in [2.05, 4.69) is 54.8 Å². The maximum Gasteiger partial charge on any atom is 0.122 e. The molecule has 0 aliphatic carbocycles. The van der Waals surface area contributed by atoms with Crippen LogP contribution in [0, 0.1) is 13.8 Å². The first-order valence-electron chi connectivity index (χ1n) is 10.4. The van der Waals surface area contributed by atoms with Crippen molar-refractivity contribution in [2.75, 3.05) is 19.7 Å². The molecule has 2 aromatic rings. The predicted octanol–water partition coefficient (Wildman–Crippen LogP) is 4.71. The van der Waals surface area contributed by atoms with Crippen LogP contribution in [0.5, 0.6) is 5.75 Å². The molecule has 148 valence electrons. The van der Waals surface area contributed by atoms with E-state index in [-0.39, 0.29) is 0 Å². The Labute approximate surface area is 165 Å². The number of ether oxygens (including phenoxy) is 1. The minimum absolute atomic E-state index is 0.748. The Balaban J connectivity index is 0.000000181. The molecule has 0 unspecified atom stereocenters. The quantitative estimate of drug-likeness (QED) is 0.806. The third-order valence-corrected chi connectivity index (χ3v) is 4.93. The average molecular weight is 369 g/mol. The van der Waals surface area contributed by atoms with Crippen molar-refractivity contribution in [1.29, 1.82) is 0 Å². The second-order valence-electron chi connectivity index (χ2n) is 6.95. The zero-order valence-electron chi connectivity index (χ0n) is 17.7. The van der Waals surface area contributed by atoms with Gasteiger partial charge in [-0.15, -0.1) is 0 Å². The highest BCUT2D eigenvalue weighted by molar-refractivity contribution is 5.43. The van der Waals surface area contributed by atoms with Gasteiger partial charge in [0.25, 0.3) is 0 Å². The Kier molecular flexibility index (Phi) is 8.83. The number of nitrogens with one attached hydrogen (secondary N) is 2. The number of benzene rings is 2. The van der Waals surface area contributed by atoms with Gasteiger partial charge in [-0.1, -0.05) is 43.7 Å². The molecule has 0 bridgehead atoms. The topological polar surface area (TPSA) is 33.3 Å². The standard InChI is InChI=1S/C12H17NO.C10H13N.C2H6/c1-3-14-12-7-10-4-5-13-8-11(10)6-9(12)2;1-8-2-3-10-7-11-5-4-9(10)6-8;1-2/h6-7,13H,3-5,8H2,1-2H3;2-3,6,11H,4-5,7H2,1H3;1-2H3. The fourth-order valence-electron chi connectivity index (χ4n) is 3.55. The van der Waals surface area contributed by atoms with Crippen molar-refractivity contribution in [2.45, 2.75) is 60.5 Å². The van der Waals surface area contributed by atoms with Crippen molar-refractivity contribution >= 4 is 0 Å². The molecule has 0 amide bonds. The van der Waals surface area contributed by atoms with Crippen molar-refractivity contribution in [3.8, 4) is 5.75 Å². The SMILES string of the molecule is CC.CCOc1cc2c(cc1C)CNCC2.Cc1ccc2c(c1)CCNC2. The van der Waals surface area contributed by atoms with Crippen LogP contribution in [0.3, 0.4) is 0 Å². The van der Waals surface area contributed by atoms with Crippen molar-refractivity contribution in [3.05, 3.63) is 63.7 Å². The second kappa shape index (κ2) is 11.1. The zero-order chi connectivity index (χ0) is 19.6. The van der Waals surface area contributed by atoms with Gasteiger partial charge in [-0.25, -0.2) is 0 Å². The summed E-state index contributed by atoms with van der Waals surface area (Å²) in [5.74, 6) is 1.05. The molecule has 2 aliphatic rings. The minimum Gasteiger partial charge on any atom is -0.494 e. The Morgan fingerprint density at radius 2 is 1.44 bits per heavy atom. The molecule has 0 spiro atoms.